The minimum Gasteiger partial charge on any atom is -0.309 e. The van der Waals surface area contributed by atoms with Crippen LogP contribution in [0.15, 0.2) is 182 Å². The van der Waals surface area contributed by atoms with Crippen LogP contribution in [0, 0.1) is 0 Å². The third-order valence-electron chi connectivity index (χ3n) is 10.5. The van der Waals surface area contributed by atoms with Crippen molar-refractivity contribution in [1.82, 2.24) is 19.1 Å². The summed E-state index contributed by atoms with van der Waals surface area (Å²) in [5, 5.41) is 8.19. The molecule has 0 aliphatic carbocycles. The SMILES string of the molecule is c1ccc(-c2ccc3nc(-n4c5ccccc5c5cc(-n6c7ccccc7c7ccccc76)ccc54)nc(-c4cccc5ccccc45)c3c2)cc1. The standard InChI is InChI=1S/C48H30N4/c1-2-13-31(14-3-1)33-25-27-42-41(29-33)47(39-21-12-16-32-15-4-5-17-35(32)39)50-48(49-42)52-45-24-11-8-20-38(45)40-30-34(26-28-46(40)52)51-43-22-9-6-18-36(43)37-19-7-10-23-44(37)51/h1-30H. The molecular weight excluding hydrogens is 633 g/mol. The molecule has 0 spiro atoms. The van der Waals surface area contributed by atoms with E-state index in [1.54, 1.807) is 0 Å². The molecule has 3 heterocycles. The van der Waals surface area contributed by atoms with Crippen molar-refractivity contribution in [3.8, 4) is 34.0 Å². The predicted molar refractivity (Wildman–Crippen MR) is 217 cm³/mol. The first kappa shape index (κ1) is 28.8. The summed E-state index contributed by atoms with van der Waals surface area (Å²) in [5.74, 6) is 0.652. The third-order valence-corrected chi connectivity index (χ3v) is 10.5. The Kier molecular flexibility index (Phi) is 6.22. The largest absolute Gasteiger partial charge is 0.309 e. The highest BCUT2D eigenvalue weighted by Crippen LogP contribution is 2.39. The average molecular weight is 663 g/mol. The first-order valence-corrected chi connectivity index (χ1v) is 17.7. The lowest BCUT2D eigenvalue weighted by molar-refractivity contribution is 1.01. The molecule has 11 rings (SSSR count). The Morgan fingerprint density at radius 1 is 0.346 bits per heavy atom. The van der Waals surface area contributed by atoms with Crippen LogP contribution in [0.3, 0.4) is 0 Å². The Hall–Kier alpha value is -7.04. The van der Waals surface area contributed by atoms with E-state index in [1.165, 1.54) is 38.1 Å². The van der Waals surface area contributed by atoms with Crippen LogP contribution in [-0.2, 0) is 0 Å². The van der Waals surface area contributed by atoms with Crippen LogP contribution >= 0.6 is 0 Å². The molecule has 0 amide bonds. The molecule has 4 heteroatoms. The van der Waals surface area contributed by atoms with Gasteiger partial charge in [0.05, 0.1) is 33.3 Å². The summed E-state index contributed by atoms with van der Waals surface area (Å²) in [7, 11) is 0. The van der Waals surface area contributed by atoms with Crippen molar-refractivity contribution in [3.63, 3.8) is 0 Å². The van der Waals surface area contributed by atoms with E-state index in [0.717, 1.165) is 55.2 Å². The summed E-state index contributed by atoms with van der Waals surface area (Å²) in [5.41, 5.74) is 10.9. The summed E-state index contributed by atoms with van der Waals surface area (Å²) in [6, 6.07) is 64.9. The molecule has 242 valence electrons. The van der Waals surface area contributed by atoms with Gasteiger partial charge in [0.1, 0.15) is 0 Å². The Morgan fingerprint density at radius 3 is 1.69 bits per heavy atom. The third kappa shape index (κ3) is 4.28. The van der Waals surface area contributed by atoms with Gasteiger partial charge in [-0.25, -0.2) is 9.97 Å². The Labute approximate surface area is 299 Å². The molecule has 0 saturated heterocycles. The van der Waals surface area contributed by atoms with Gasteiger partial charge in [-0.3, -0.25) is 4.57 Å². The van der Waals surface area contributed by atoms with Gasteiger partial charge in [0.15, 0.2) is 0 Å². The van der Waals surface area contributed by atoms with Gasteiger partial charge in [-0.1, -0.05) is 133 Å². The maximum Gasteiger partial charge on any atom is 0.235 e. The van der Waals surface area contributed by atoms with Crippen molar-refractivity contribution in [3.05, 3.63) is 182 Å². The summed E-state index contributed by atoms with van der Waals surface area (Å²) in [6.07, 6.45) is 0. The smallest absolute Gasteiger partial charge is 0.235 e. The van der Waals surface area contributed by atoms with Gasteiger partial charge < -0.3 is 4.57 Å². The minimum atomic E-state index is 0.652. The number of hydrogen-bond acceptors (Lipinski definition) is 2. The van der Waals surface area contributed by atoms with E-state index in [9.17, 15) is 0 Å². The molecule has 0 saturated carbocycles. The van der Waals surface area contributed by atoms with E-state index >= 15 is 0 Å². The fourth-order valence-electron chi connectivity index (χ4n) is 8.18. The second kappa shape index (κ2) is 11.2. The normalized spacial score (nSPS) is 11.8. The van der Waals surface area contributed by atoms with Crippen molar-refractivity contribution >= 4 is 65.3 Å². The summed E-state index contributed by atoms with van der Waals surface area (Å²) >= 11 is 0. The fraction of sp³-hybridized carbons (Fsp3) is 0. The molecular formula is C48H30N4. The molecule has 0 bridgehead atoms. The molecule has 0 aliphatic rings. The lowest BCUT2D eigenvalue weighted by Crippen LogP contribution is -2.04. The molecule has 0 fully saturated rings. The monoisotopic (exact) mass is 662 g/mol. The highest BCUT2D eigenvalue weighted by molar-refractivity contribution is 6.12. The first-order chi connectivity index (χ1) is 25.8. The molecule has 3 aromatic heterocycles. The number of aromatic nitrogens is 4. The van der Waals surface area contributed by atoms with E-state index in [4.69, 9.17) is 9.97 Å². The number of nitrogens with zero attached hydrogens (tertiary/aromatic N) is 4. The van der Waals surface area contributed by atoms with Gasteiger partial charge >= 0.3 is 0 Å². The topological polar surface area (TPSA) is 35.6 Å². The van der Waals surface area contributed by atoms with Crippen LogP contribution in [0.2, 0.25) is 0 Å². The quantitative estimate of drug-likeness (QED) is 0.188. The van der Waals surface area contributed by atoms with Crippen LogP contribution in [0.5, 0.6) is 0 Å². The van der Waals surface area contributed by atoms with Gasteiger partial charge in [-0.15, -0.1) is 0 Å². The Morgan fingerprint density at radius 2 is 0.942 bits per heavy atom. The minimum absolute atomic E-state index is 0.652. The number of benzene rings is 8. The highest BCUT2D eigenvalue weighted by atomic mass is 15.2. The summed E-state index contributed by atoms with van der Waals surface area (Å²) in [4.78, 5) is 10.8. The molecule has 11 aromatic rings. The van der Waals surface area contributed by atoms with E-state index < -0.39 is 0 Å². The lowest BCUT2D eigenvalue weighted by atomic mass is 9.97. The number of hydrogen-bond donors (Lipinski definition) is 0. The van der Waals surface area contributed by atoms with E-state index in [-0.39, 0.29) is 0 Å². The zero-order valence-corrected chi connectivity index (χ0v) is 28.1. The molecule has 0 N–H and O–H groups in total. The van der Waals surface area contributed by atoms with Gasteiger partial charge in [-0.2, -0.15) is 0 Å². The average Bonchev–Trinajstić information content (AvgIpc) is 3.73. The van der Waals surface area contributed by atoms with Crippen LogP contribution in [0.4, 0.5) is 0 Å². The molecule has 52 heavy (non-hydrogen) atoms. The molecule has 4 nitrogen and oxygen atoms in total. The second-order valence-corrected chi connectivity index (χ2v) is 13.4. The number of para-hydroxylation sites is 3. The van der Waals surface area contributed by atoms with Crippen molar-refractivity contribution in [1.29, 1.82) is 0 Å². The number of fused-ring (bicyclic) bond motifs is 8. The molecule has 0 aliphatic heterocycles. The first-order valence-electron chi connectivity index (χ1n) is 17.7. The zero-order valence-electron chi connectivity index (χ0n) is 28.1. The number of rotatable bonds is 4. The second-order valence-electron chi connectivity index (χ2n) is 13.4. The van der Waals surface area contributed by atoms with Gasteiger partial charge in [0.2, 0.25) is 5.95 Å². The maximum atomic E-state index is 5.50. The fourth-order valence-corrected chi connectivity index (χ4v) is 8.18. The van der Waals surface area contributed by atoms with Gasteiger partial charge in [0.25, 0.3) is 0 Å². The summed E-state index contributed by atoms with van der Waals surface area (Å²) in [6.45, 7) is 0. The van der Waals surface area contributed by atoms with Crippen molar-refractivity contribution in [2.24, 2.45) is 0 Å². The maximum absolute atomic E-state index is 5.50. The van der Waals surface area contributed by atoms with Crippen LogP contribution < -0.4 is 0 Å². The van der Waals surface area contributed by atoms with E-state index in [2.05, 4.69) is 191 Å². The van der Waals surface area contributed by atoms with Crippen LogP contribution in [0.25, 0.3) is 99.3 Å². The molecule has 8 aromatic carbocycles. The van der Waals surface area contributed by atoms with Crippen molar-refractivity contribution in [2.45, 2.75) is 0 Å². The lowest BCUT2D eigenvalue weighted by Gasteiger charge is -2.14. The van der Waals surface area contributed by atoms with Crippen molar-refractivity contribution < 1.29 is 0 Å². The van der Waals surface area contributed by atoms with E-state index in [1.807, 2.05) is 0 Å². The van der Waals surface area contributed by atoms with Crippen LogP contribution in [0.1, 0.15) is 0 Å². The summed E-state index contributed by atoms with van der Waals surface area (Å²) < 4.78 is 4.62. The molecule has 0 unspecified atom stereocenters. The van der Waals surface area contributed by atoms with E-state index in [0.29, 0.717) is 5.95 Å². The Bertz CT molecular complexity index is 3130. The van der Waals surface area contributed by atoms with Crippen LogP contribution in [-0.4, -0.2) is 19.1 Å². The predicted octanol–water partition coefficient (Wildman–Crippen LogP) is 12.3. The zero-order chi connectivity index (χ0) is 34.2. The highest BCUT2D eigenvalue weighted by Gasteiger charge is 2.20. The molecule has 0 radical (unpaired) electrons. The van der Waals surface area contributed by atoms with Gasteiger partial charge in [-0.05, 0) is 70.4 Å². The molecule has 0 atom stereocenters. The van der Waals surface area contributed by atoms with Gasteiger partial charge in [0, 0.05) is 38.2 Å². The van der Waals surface area contributed by atoms with Crippen molar-refractivity contribution in [2.75, 3.05) is 0 Å². The Balaban J connectivity index is 1.19.